The molecule has 0 bridgehead atoms. The van der Waals surface area contributed by atoms with Gasteiger partial charge in [0, 0.05) is 42.1 Å². The van der Waals surface area contributed by atoms with E-state index in [1.54, 1.807) is 30.1 Å². The Morgan fingerprint density at radius 2 is 2.12 bits per heavy atom. The Morgan fingerprint density at radius 3 is 2.84 bits per heavy atom. The number of thiazole rings is 1. The molecule has 7 nitrogen and oxygen atoms in total. The molecule has 1 aliphatic heterocycles. The van der Waals surface area contributed by atoms with E-state index in [-0.39, 0.29) is 0 Å². The number of nitrogens with one attached hydrogen (secondary N) is 2. The highest BCUT2D eigenvalue weighted by Gasteiger charge is 2.24. The number of anilines is 2. The number of aromatic amines is 1. The Morgan fingerprint density at radius 1 is 1.28 bits per heavy atom. The van der Waals surface area contributed by atoms with Gasteiger partial charge < -0.3 is 10.3 Å². The third kappa shape index (κ3) is 3.85. The number of imidazole rings is 1. The van der Waals surface area contributed by atoms with Crippen LogP contribution < -0.4 is 5.32 Å². The molecule has 8 heteroatoms. The fourth-order valence-corrected chi connectivity index (χ4v) is 3.92. The second-order valence-corrected chi connectivity index (χ2v) is 7.19. The normalized spacial score (nSPS) is 16.2. The molecule has 1 saturated heterocycles. The van der Waals surface area contributed by atoms with Crippen LogP contribution in [0.25, 0.3) is 0 Å². The molecular formula is C17H21N7S. The minimum Gasteiger partial charge on any atom is -0.347 e. The highest BCUT2D eigenvalue weighted by Crippen LogP contribution is 2.32. The number of aromatic nitrogens is 5. The molecule has 0 aliphatic carbocycles. The molecular weight excluding hydrogens is 334 g/mol. The highest BCUT2D eigenvalue weighted by molar-refractivity contribution is 7.13. The number of likely N-dealkylation sites (tertiary alicyclic amines) is 1. The van der Waals surface area contributed by atoms with E-state index in [0.717, 1.165) is 54.8 Å². The molecule has 3 aromatic heterocycles. The molecule has 25 heavy (non-hydrogen) atoms. The summed E-state index contributed by atoms with van der Waals surface area (Å²) in [5.74, 6) is 1.26. The smallest absolute Gasteiger partial charge is 0.188 e. The van der Waals surface area contributed by atoms with Crippen molar-refractivity contribution in [3.05, 3.63) is 47.4 Å². The maximum absolute atomic E-state index is 4.62. The summed E-state index contributed by atoms with van der Waals surface area (Å²) in [4.78, 5) is 23.3. The molecule has 0 amide bonds. The van der Waals surface area contributed by atoms with Crippen molar-refractivity contribution in [2.45, 2.75) is 32.2 Å². The lowest BCUT2D eigenvalue weighted by Crippen LogP contribution is -2.33. The van der Waals surface area contributed by atoms with Crippen LogP contribution in [0.1, 0.15) is 35.8 Å². The summed E-state index contributed by atoms with van der Waals surface area (Å²) in [5.41, 5.74) is 3.24. The Bertz CT molecular complexity index is 806. The predicted molar refractivity (Wildman–Crippen MR) is 98.0 cm³/mol. The van der Waals surface area contributed by atoms with Gasteiger partial charge in [-0.2, -0.15) is 0 Å². The first-order valence-electron chi connectivity index (χ1n) is 8.47. The standard InChI is InChI=1S/C17H21N7S/c1-12-10-25-17(22-12)23-16-15(19-4-5-20-16)13-2-6-24(7-3-13)9-14-8-18-11-21-14/h4-5,8,10-11,13H,2-3,6-7,9H2,1H3,(H,18,21)(H,20,22,23). The maximum atomic E-state index is 4.62. The lowest BCUT2D eigenvalue weighted by atomic mass is 9.93. The molecule has 1 fully saturated rings. The fraction of sp³-hybridized carbons (Fsp3) is 0.412. The van der Waals surface area contributed by atoms with Crippen molar-refractivity contribution in [3.63, 3.8) is 0 Å². The minimum absolute atomic E-state index is 0.426. The van der Waals surface area contributed by atoms with E-state index in [4.69, 9.17) is 0 Å². The van der Waals surface area contributed by atoms with Gasteiger partial charge in [0.05, 0.1) is 17.7 Å². The molecule has 0 unspecified atom stereocenters. The first kappa shape index (κ1) is 16.2. The van der Waals surface area contributed by atoms with Crippen molar-refractivity contribution >= 4 is 22.3 Å². The van der Waals surface area contributed by atoms with E-state index in [1.165, 1.54) is 5.69 Å². The van der Waals surface area contributed by atoms with Crippen LogP contribution in [0.4, 0.5) is 10.9 Å². The van der Waals surface area contributed by atoms with Gasteiger partial charge >= 0.3 is 0 Å². The number of hydrogen-bond acceptors (Lipinski definition) is 7. The number of nitrogens with zero attached hydrogens (tertiary/aromatic N) is 5. The molecule has 4 rings (SSSR count). The zero-order valence-electron chi connectivity index (χ0n) is 14.1. The highest BCUT2D eigenvalue weighted by atomic mass is 32.1. The lowest BCUT2D eigenvalue weighted by molar-refractivity contribution is 0.201. The molecule has 0 atom stereocenters. The van der Waals surface area contributed by atoms with E-state index in [2.05, 4.69) is 35.1 Å². The van der Waals surface area contributed by atoms with Crippen LogP contribution in [0.2, 0.25) is 0 Å². The monoisotopic (exact) mass is 355 g/mol. The van der Waals surface area contributed by atoms with E-state index in [0.29, 0.717) is 5.92 Å². The SMILES string of the molecule is Cc1csc(Nc2nccnc2C2CCN(Cc3cnc[nH]3)CC2)n1. The molecule has 3 aromatic rings. The maximum Gasteiger partial charge on any atom is 0.188 e. The van der Waals surface area contributed by atoms with Crippen LogP contribution >= 0.6 is 11.3 Å². The summed E-state index contributed by atoms with van der Waals surface area (Å²) in [6.45, 7) is 5.03. The third-order valence-electron chi connectivity index (χ3n) is 4.49. The van der Waals surface area contributed by atoms with Gasteiger partial charge in [0.25, 0.3) is 0 Å². The largest absolute Gasteiger partial charge is 0.347 e. The molecule has 0 saturated carbocycles. The van der Waals surface area contributed by atoms with Crippen molar-refractivity contribution in [2.24, 2.45) is 0 Å². The first-order valence-corrected chi connectivity index (χ1v) is 9.35. The van der Waals surface area contributed by atoms with Crippen molar-refractivity contribution in [3.8, 4) is 0 Å². The van der Waals surface area contributed by atoms with Crippen LogP contribution in [0.3, 0.4) is 0 Å². The predicted octanol–water partition coefficient (Wildman–Crippen LogP) is 3.09. The van der Waals surface area contributed by atoms with Crippen molar-refractivity contribution < 1.29 is 0 Å². The van der Waals surface area contributed by atoms with Crippen LogP contribution in [0.15, 0.2) is 30.3 Å². The zero-order valence-corrected chi connectivity index (χ0v) is 15.0. The van der Waals surface area contributed by atoms with Gasteiger partial charge in [0.15, 0.2) is 10.9 Å². The zero-order chi connectivity index (χ0) is 17.1. The van der Waals surface area contributed by atoms with E-state index in [1.807, 2.05) is 18.5 Å². The number of rotatable bonds is 5. The van der Waals surface area contributed by atoms with Crippen molar-refractivity contribution in [1.82, 2.24) is 29.8 Å². The van der Waals surface area contributed by atoms with Gasteiger partial charge in [0.2, 0.25) is 0 Å². The summed E-state index contributed by atoms with van der Waals surface area (Å²) in [6, 6.07) is 0. The molecule has 4 heterocycles. The lowest BCUT2D eigenvalue weighted by Gasteiger charge is -2.31. The Balaban J connectivity index is 1.42. The number of piperidine rings is 1. The van der Waals surface area contributed by atoms with E-state index < -0.39 is 0 Å². The quantitative estimate of drug-likeness (QED) is 0.732. The summed E-state index contributed by atoms with van der Waals surface area (Å²) in [5, 5.41) is 6.25. The average molecular weight is 355 g/mol. The average Bonchev–Trinajstić information content (AvgIpc) is 3.28. The van der Waals surface area contributed by atoms with Gasteiger partial charge in [-0.15, -0.1) is 11.3 Å². The van der Waals surface area contributed by atoms with Crippen LogP contribution in [0.5, 0.6) is 0 Å². The van der Waals surface area contributed by atoms with Crippen molar-refractivity contribution in [1.29, 1.82) is 0 Å². The Labute approximate surface area is 150 Å². The fourth-order valence-electron chi connectivity index (χ4n) is 3.23. The summed E-state index contributed by atoms with van der Waals surface area (Å²) in [7, 11) is 0. The summed E-state index contributed by atoms with van der Waals surface area (Å²) >= 11 is 1.59. The topological polar surface area (TPSA) is 82.6 Å². The Kier molecular flexibility index (Phi) is 4.71. The molecule has 2 N–H and O–H groups in total. The van der Waals surface area contributed by atoms with Gasteiger partial charge in [-0.05, 0) is 32.9 Å². The number of aryl methyl sites for hydroxylation is 1. The molecule has 130 valence electrons. The molecule has 0 radical (unpaired) electrons. The van der Waals surface area contributed by atoms with E-state index in [9.17, 15) is 0 Å². The van der Waals surface area contributed by atoms with Gasteiger partial charge in [-0.3, -0.25) is 9.88 Å². The second-order valence-electron chi connectivity index (χ2n) is 6.34. The van der Waals surface area contributed by atoms with Gasteiger partial charge in [-0.1, -0.05) is 0 Å². The second kappa shape index (κ2) is 7.28. The molecule has 1 aliphatic rings. The Hall–Kier alpha value is -2.32. The molecule has 0 spiro atoms. The van der Waals surface area contributed by atoms with Gasteiger partial charge in [-0.25, -0.2) is 15.0 Å². The van der Waals surface area contributed by atoms with Gasteiger partial charge in [0.1, 0.15) is 0 Å². The first-order chi connectivity index (χ1) is 12.3. The number of hydrogen-bond donors (Lipinski definition) is 2. The van der Waals surface area contributed by atoms with Crippen LogP contribution in [0, 0.1) is 6.92 Å². The molecule has 0 aromatic carbocycles. The summed E-state index contributed by atoms with van der Waals surface area (Å²) < 4.78 is 0. The minimum atomic E-state index is 0.426. The van der Waals surface area contributed by atoms with Crippen LogP contribution in [-0.4, -0.2) is 42.9 Å². The third-order valence-corrected chi connectivity index (χ3v) is 5.37. The van der Waals surface area contributed by atoms with E-state index >= 15 is 0 Å². The number of H-pyrrole nitrogens is 1. The van der Waals surface area contributed by atoms with Crippen LogP contribution in [-0.2, 0) is 6.54 Å². The summed E-state index contributed by atoms with van der Waals surface area (Å²) in [6.07, 6.45) is 9.31. The van der Waals surface area contributed by atoms with Crippen molar-refractivity contribution in [2.75, 3.05) is 18.4 Å².